The lowest BCUT2D eigenvalue weighted by atomic mass is 10.1. The molecule has 9 heteroatoms. The molecule has 1 fully saturated rings. The molecule has 0 spiro atoms. The molecule has 0 aromatic heterocycles. The smallest absolute Gasteiger partial charge is 0.326 e. The van der Waals surface area contributed by atoms with E-state index in [2.05, 4.69) is 5.32 Å². The van der Waals surface area contributed by atoms with Gasteiger partial charge < -0.3 is 5.32 Å². The quantitative estimate of drug-likeness (QED) is 0.874. The molecule has 2 rings (SSSR count). The zero-order valence-corrected chi connectivity index (χ0v) is 14.3. The van der Waals surface area contributed by atoms with E-state index in [9.17, 15) is 26.4 Å². The molecule has 24 heavy (non-hydrogen) atoms. The van der Waals surface area contributed by atoms with Crippen LogP contribution in [0.2, 0.25) is 0 Å². The topological polar surface area (TPSA) is 66.5 Å². The minimum atomic E-state index is -4.39. The van der Waals surface area contributed by atoms with E-state index in [0.29, 0.717) is 6.54 Å². The zero-order chi connectivity index (χ0) is 18.3. The third-order valence-corrected chi connectivity index (χ3v) is 6.36. The number of sulfonamides is 1. The van der Waals surface area contributed by atoms with Crippen LogP contribution in [-0.2, 0) is 14.8 Å². The molecule has 0 aliphatic heterocycles. The predicted octanol–water partition coefficient (Wildman–Crippen LogP) is 2.85. The van der Waals surface area contributed by atoms with Crippen LogP contribution in [0.1, 0.15) is 20.3 Å². The summed E-state index contributed by atoms with van der Waals surface area (Å²) < 4.78 is 63.5. The average Bonchev–Trinajstić information content (AvgIpc) is 3.21. The first-order chi connectivity index (χ1) is 10.9. The molecule has 134 valence electrons. The minimum Gasteiger partial charge on any atom is -0.326 e. The van der Waals surface area contributed by atoms with E-state index in [1.54, 1.807) is 6.92 Å². The Kier molecular flexibility index (Phi) is 4.71. The molecule has 5 nitrogen and oxygen atoms in total. The summed E-state index contributed by atoms with van der Waals surface area (Å²) in [5, 5.41) is 2.42. The van der Waals surface area contributed by atoms with Gasteiger partial charge in [-0.3, -0.25) is 4.79 Å². The van der Waals surface area contributed by atoms with Gasteiger partial charge in [-0.1, -0.05) is 13.8 Å². The molecule has 1 N–H and O–H groups in total. The molecule has 0 radical (unpaired) electrons. The third-order valence-electron chi connectivity index (χ3n) is 4.42. The number of carbonyl (C=O) groups excluding carboxylic acids is 1. The van der Waals surface area contributed by atoms with Gasteiger partial charge in [0.1, 0.15) is 0 Å². The van der Waals surface area contributed by atoms with Gasteiger partial charge in [0.2, 0.25) is 15.9 Å². The molecule has 2 atom stereocenters. The van der Waals surface area contributed by atoms with E-state index in [-0.39, 0.29) is 17.0 Å². The Bertz CT molecular complexity index is 731. The highest BCUT2D eigenvalue weighted by Crippen LogP contribution is 2.60. The number of carbonyl (C=O) groups is 1. The molecule has 1 aliphatic rings. The summed E-state index contributed by atoms with van der Waals surface area (Å²) in [5.74, 6) is -2.35. The number of hydrogen-bond acceptors (Lipinski definition) is 3. The SMILES string of the molecule is CCN(C)S(=O)(=O)c1ccc(NC(=O)C2(C)CC2C(F)(F)F)cc1. The second-order valence-electron chi connectivity index (χ2n) is 6.11. The number of halogens is 3. The summed E-state index contributed by atoms with van der Waals surface area (Å²) in [6.45, 7) is 3.27. The van der Waals surface area contributed by atoms with E-state index < -0.39 is 33.4 Å². The van der Waals surface area contributed by atoms with Crippen LogP contribution in [0.15, 0.2) is 29.2 Å². The first kappa shape index (κ1) is 18.7. The Balaban J connectivity index is 2.10. The number of hydrogen-bond donors (Lipinski definition) is 1. The van der Waals surface area contributed by atoms with Crippen molar-refractivity contribution in [2.75, 3.05) is 18.9 Å². The second kappa shape index (κ2) is 6.03. The number of alkyl halides is 3. The molecular formula is C15H19F3N2O3S. The maximum Gasteiger partial charge on any atom is 0.392 e. The summed E-state index contributed by atoms with van der Waals surface area (Å²) in [7, 11) is -2.17. The number of anilines is 1. The number of nitrogens with one attached hydrogen (secondary N) is 1. The van der Waals surface area contributed by atoms with Crippen molar-refractivity contribution in [3.8, 4) is 0 Å². The van der Waals surface area contributed by atoms with Crippen molar-refractivity contribution in [3.05, 3.63) is 24.3 Å². The maximum atomic E-state index is 12.7. The van der Waals surface area contributed by atoms with Crippen LogP contribution in [0.5, 0.6) is 0 Å². The average molecular weight is 364 g/mol. The lowest BCUT2D eigenvalue weighted by molar-refractivity contribution is -0.159. The van der Waals surface area contributed by atoms with Crippen LogP contribution in [-0.4, -0.2) is 38.4 Å². The zero-order valence-electron chi connectivity index (χ0n) is 13.5. The van der Waals surface area contributed by atoms with Crippen LogP contribution in [0, 0.1) is 11.3 Å². The van der Waals surface area contributed by atoms with Crippen LogP contribution in [0.25, 0.3) is 0 Å². The van der Waals surface area contributed by atoms with Crippen LogP contribution < -0.4 is 5.32 Å². The highest BCUT2D eigenvalue weighted by atomic mass is 32.2. The molecule has 0 bridgehead atoms. The van der Waals surface area contributed by atoms with Crippen LogP contribution >= 0.6 is 0 Å². The van der Waals surface area contributed by atoms with Gasteiger partial charge in [0, 0.05) is 19.3 Å². The number of amides is 1. The van der Waals surface area contributed by atoms with Crippen molar-refractivity contribution < 1.29 is 26.4 Å². The van der Waals surface area contributed by atoms with Crippen molar-refractivity contribution in [1.29, 1.82) is 0 Å². The molecule has 1 aliphatic carbocycles. The van der Waals surface area contributed by atoms with Gasteiger partial charge in [-0.25, -0.2) is 12.7 Å². The Morgan fingerprint density at radius 2 is 1.88 bits per heavy atom. The van der Waals surface area contributed by atoms with Crippen molar-refractivity contribution in [3.63, 3.8) is 0 Å². The van der Waals surface area contributed by atoms with E-state index in [4.69, 9.17) is 0 Å². The van der Waals surface area contributed by atoms with Crippen LogP contribution in [0.3, 0.4) is 0 Å². The van der Waals surface area contributed by atoms with E-state index in [1.807, 2.05) is 0 Å². The molecule has 0 heterocycles. The van der Waals surface area contributed by atoms with E-state index in [1.165, 1.54) is 42.5 Å². The molecule has 1 aromatic rings. The highest BCUT2D eigenvalue weighted by molar-refractivity contribution is 7.89. The lowest BCUT2D eigenvalue weighted by Gasteiger charge is -2.16. The first-order valence-electron chi connectivity index (χ1n) is 7.37. The largest absolute Gasteiger partial charge is 0.392 e. The fraction of sp³-hybridized carbons (Fsp3) is 0.533. The monoisotopic (exact) mass is 364 g/mol. The van der Waals surface area contributed by atoms with Gasteiger partial charge in [-0.15, -0.1) is 0 Å². The Labute approximate surface area is 138 Å². The van der Waals surface area contributed by atoms with Crippen LogP contribution in [0.4, 0.5) is 18.9 Å². The fourth-order valence-electron chi connectivity index (χ4n) is 2.43. The highest BCUT2D eigenvalue weighted by Gasteiger charge is 2.67. The molecule has 1 aromatic carbocycles. The second-order valence-corrected chi connectivity index (χ2v) is 8.16. The molecule has 1 saturated carbocycles. The van der Waals surface area contributed by atoms with E-state index in [0.717, 1.165) is 0 Å². The molecule has 2 unspecified atom stereocenters. The summed E-state index contributed by atoms with van der Waals surface area (Å²) in [6, 6.07) is 5.35. The van der Waals surface area contributed by atoms with Gasteiger partial charge in [0.05, 0.1) is 16.2 Å². The van der Waals surface area contributed by atoms with Crippen molar-refractivity contribution in [2.24, 2.45) is 11.3 Å². The third kappa shape index (κ3) is 3.41. The fourth-order valence-corrected chi connectivity index (χ4v) is 3.61. The summed E-state index contributed by atoms with van der Waals surface area (Å²) in [5.41, 5.74) is -1.21. The minimum absolute atomic E-state index is 0.0515. The standard InChI is InChI=1S/C15H19F3N2O3S/c1-4-20(3)24(22,23)11-7-5-10(6-8-11)19-13(21)14(2)9-12(14)15(16,17)18/h5-8,12H,4,9H2,1-3H3,(H,19,21). The van der Waals surface area contributed by atoms with Crippen molar-refractivity contribution in [2.45, 2.75) is 31.3 Å². The molecular weight excluding hydrogens is 345 g/mol. The summed E-state index contributed by atoms with van der Waals surface area (Å²) in [6.07, 6.45) is -4.63. The predicted molar refractivity (Wildman–Crippen MR) is 82.8 cm³/mol. The first-order valence-corrected chi connectivity index (χ1v) is 8.81. The van der Waals surface area contributed by atoms with E-state index >= 15 is 0 Å². The number of nitrogens with zero attached hydrogens (tertiary/aromatic N) is 1. The lowest BCUT2D eigenvalue weighted by Crippen LogP contribution is -2.28. The molecule has 1 amide bonds. The van der Waals surface area contributed by atoms with Gasteiger partial charge in [0.15, 0.2) is 0 Å². The number of rotatable bonds is 5. The summed E-state index contributed by atoms with van der Waals surface area (Å²) in [4.78, 5) is 12.1. The maximum absolute atomic E-state index is 12.7. The van der Waals surface area contributed by atoms with Gasteiger partial charge >= 0.3 is 6.18 Å². The molecule has 0 saturated heterocycles. The summed E-state index contributed by atoms with van der Waals surface area (Å²) >= 11 is 0. The van der Waals surface area contributed by atoms with Crippen molar-refractivity contribution >= 4 is 21.6 Å². The Hall–Kier alpha value is -1.61. The Morgan fingerprint density at radius 1 is 1.33 bits per heavy atom. The van der Waals surface area contributed by atoms with Crippen molar-refractivity contribution in [1.82, 2.24) is 4.31 Å². The van der Waals surface area contributed by atoms with Gasteiger partial charge in [-0.05, 0) is 30.7 Å². The van der Waals surface area contributed by atoms with Gasteiger partial charge in [-0.2, -0.15) is 13.2 Å². The Morgan fingerprint density at radius 3 is 2.29 bits per heavy atom. The number of benzene rings is 1. The van der Waals surface area contributed by atoms with Gasteiger partial charge in [0.25, 0.3) is 0 Å². The normalized spacial score (nSPS) is 24.0.